The molecule has 0 fully saturated rings. The molecule has 2 nitrogen and oxygen atoms in total. The summed E-state index contributed by atoms with van der Waals surface area (Å²) in [5.74, 6) is 0.157. The van der Waals surface area contributed by atoms with E-state index in [2.05, 4.69) is 230 Å². The molecule has 0 spiro atoms. The van der Waals surface area contributed by atoms with Gasteiger partial charge in [0.1, 0.15) is 0 Å². The fraction of sp³-hybridized carbons (Fsp3) is 0.115. The third-order valence-corrected chi connectivity index (χ3v) is 16.8. The van der Waals surface area contributed by atoms with Crippen molar-refractivity contribution in [2.75, 3.05) is 4.90 Å². The molecule has 0 bridgehead atoms. The first-order valence-electron chi connectivity index (χ1n) is 19.5. The van der Waals surface area contributed by atoms with Crippen LogP contribution in [0, 0.1) is 0 Å². The first kappa shape index (κ1) is 33.4. The van der Waals surface area contributed by atoms with Crippen LogP contribution in [0.3, 0.4) is 0 Å². The third-order valence-electron chi connectivity index (χ3n) is 12.0. The van der Waals surface area contributed by atoms with Crippen LogP contribution in [0.1, 0.15) is 55.1 Å². The zero-order valence-corrected chi connectivity index (χ0v) is 32.6. The van der Waals surface area contributed by atoms with Crippen molar-refractivity contribution in [2.45, 2.75) is 38.1 Å². The molecular weight excluding hydrogens is 681 g/mol. The molecule has 8 aromatic rings. The summed E-state index contributed by atoms with van der Waals surface area (Å²) in [5.41, 5.74) is 10.4. The molecule has 3 heteroatoms. The highest BCUT2D eigenvalue weighted by molar-refractivity contribution is 7.19. The van der Waals surface area contributed by atoms with Crippen molar-refractivity contribution in [1.82, 2.24) is 4.57 Å². The second-order valence-electron chi connectivity index (χ2n) is 16.1. The highest BCUT2D eigenvalue weighted by Crippen LogP contribution is 2.57. The molecule has 0 saturated carbocycles. The summed E-state index contributed by atoms with van der Waals surface area (Å²) < 4.78 is 2.49. The molecule has 0 radical (unpaired) electrons. The number of benzene rings is 7. The van der Waals surface area contributed by atoms with Gasteiger partial charge in [-0.1, -0.05) is 172 Å². The van der Waals surface area contributed by atoms with Crippen LogP contribution in [0.5, 0.6) is 0 Å². The highest BCUT2D eigenvalue weighted by atomic mass is 28.3. The molecule has 1 aromatic heterocycles. The van der Waals surface area contributed by atoms with Crippen LogP contribution in [0.15, 0.2) is 194 Å². The Hall–Kier alpha value is -6.16. The average Bonchev–Trinajstić information content (AvgIpc) is 3.75. The number of aromatic nitrogens is 1. The summed E-state index contributed by atoms with van der Waals surface area (Å²) in [6, 6.07) is 70.5. The van der Waals surface area contributed by atoms with Crippen LogP contribution in [-0.2, 0) is 5.41 Å². The Morgan fingerprint density at radius 2 is 1.04 bits per heavy atom. The molecule has 55 heavy (non-hydrogen) atoms. The van der Waals surface area contributed by atoms with Crippen molar-refractivity contribution in [3.8, 4) is 5.69 Å². The maximum absolute atomic E-state index is 2.73. The predicted octanol–water partition coefficient (Wildman–Crippen LogP) is 10.3. The number of hydrogen-bond acceptors (Lipinski definition) is 1. The van der Waals surface area contributed by atoms with Gasteiger partial charge < -0.3 is 9.47 Å². The Bertz CT molecular complexity index is 2580. The van der Waals surface area contributed by atoms with E-state index in [9.17, 15) is 0 Å². The summed E-state index contributed by atoms with van der Waals surface area (Å²) in [7, 11) is -2.73. The minimum Gasteiger partial charge on any atom is -0.333 e. The molecule has 0 saturated heterocycles. The van der Waals surface area contributed by atoms with Crippen LogP contribution in [0.4, 0.5) is 11.4 Å². The Morgan fingerprint density at radius 3 is 1.58 bits per heavy atom. The van der Waals surface area contributed by atoms with E-state index >= 15 is 0 Å². The van der Waals surface area contributed by atoms with Crippen molar-refractivity contribution < 1.29 is 0 Å². The van der Waals surface area contributed by atoms with Gasteiger partial charge in [-0.05, 0) is 85.8 Å². The number of fused-ring (bicyclic) bond motifs is 7. The Kier molecular flexibility index (Phi) is 7.90. The molecular formula is C52H44N2Si. The smallest absolute Gasteiger partial charge is 0.179 e. The van der Waals surface area contributed by atoms with Crippen LogP contribution in [-0.4, -0.2) is 12.6 Å². The molecule has 0 amide bonds. The molecule has 2 unspecified atom stereocenters. The first-order chi connectivity index (χ1) is 26.9. The molecule has 0 N–H and O–H groups in total. The SMILES string of the molecule is CC(C)(C)c1ccc2c(c1)c1c(n2-c2ccccc2)C=CC2c3cc([Si](c4ccccc4)(c4ccccc4)c4ccccc4)ccc3N(c3ccccc3)C12. The van der Waals surface area contributed by atoms with Crippen molar-refractivity contribution in [2.24, 2.45) is 0 Å². The van der Waals surface area contributed by atoms with E-state index in [0.717, 1.165) is 0 Å². The first-order valence-corrected chi connectivity index (χ1v) is 21.5. The van der Waals surface area contributed by atoms with E-state index in [1.165, 1.54) is 71.1 Å². The highest BCUT2D eigenvalue weighted by Gasteiger charge is 2.47. The lowest BCUT2D eigenvalue weighted by Crippen LogP contribution is -2.74. The van der Waals surface area contributed by atoms with Crippen molar-refractivity contribution in [1.29, 1.82) is 0 Å². The maximum atomic E-state index is 2.64. The normalized spacial score (nSPS) is 16.2. The quantitative estimate of drug-likeness (QED) is 0.122. The van der Waals surface area contributed by atoms with E-state index in [1.807, 2.05) is 0 Å². The largest absolute Gasteiger partial charge is 0.333 e. The van der Waals surface area contributed by atoms with Gasteiger partial charge >= 0.3 is 0 Å². The van der Waals surface area contributed by atoms with E-state index < -0.39 is 8.07 Å². The van der Waals surface area contributed by atoms with E-state index in [-0.39, 0.29) is 17.4 Å². The van der Waals surface area contributed by atoms with Crippen LogP contribution in [0.2, 0.25) is 0 Å². The Balaban J connectivity index is 1.26. The van der Waals surface area contributed by atoms with Crippen LogP contribution in [0.25, 0.3) is 22.7 Å². The minimum atomic E-state index is -2.73. The standard InChI is InChI=1S/C52H44N2Si/c1-52(2,3)37-29-32-48-46(35-37)50-49(53(48)38-19-9-4-10-20-38)34-31-44-45-36-43(30-33-47(45)54(51(44)50)39-21-11-5-12-22-39)55(40-23-13-6-14-24-40,41-25-15-7-16-26-41)42-27-17-8-18-28-42/h4-36,44,51H,1-3H3. The van der Waals surface area contributed by atoms with E-state index in [0.29, 0.717) is 0 Å². The molecule has 1 aliphatic carbocycles. The van der Waals surface area contributed by atoms with Gasteiger partial charge in [-0.15, -0.1) is 0 Å². The summed E-state index contributed by atoms with van der Waals surface area (Å²) in [5, 5.41) is 6.92. The fourth-order valence-electron chi connectivity index (χ4n) is 9.55. The van der Waals surface area contributed by atoms with Gasteiger partial charge in [-0.25, -0.2) is 0 Å². The molecule has 2 aliphatic rings. The number of anilines is 2. The minimum absolute atomic E-state index is 0.0206. The second kappa shape index (κ2) is 13.0. The van der Waals surface area contributed by atoms with Gasteiger partial charge in [-0.3, -0.25) is 0 Å². The van der Waals surface area contributed by atoms with Gasteiger partial charge in [0.15, 0.2) is 8.07 Å². The fourth-order valence-corrected chi connectivity index (χ4v) is 14.3. The third kappa shape index (κ3) is 5.21. The van der Waals surface area contributed by atoms with E-state index in [1.54, 1.807) is 0 Å². The van der Waals surface area contributed by atoms with Crippen molar-refractivity contribution >= 4 is 57.2 Å². The van der Waals surface area contributed by atoms with Crippen molar-refractivity contribution in [3.05, 3.63) is 217 Å². The number of para-hydroxylation sites is 2. The molecule has 1 aliphatic heterocycles. The van der Waals surface area contributed by atoms with Crippen LogP contribution < -0.4 is 25.6 Å². The summed E-state index contributed by atoms with van der Waals surface area (Å²) in [6.07, 6.45) is 4.92. The predicted molar refractivity (Wildman–Crippen MR) is 235 cm³/mol. The summed E-state index contributed by atoms with van der Waals surface area (Å²) >= 11 is 0. The molecule has 10 rings (SSSR count). The van der Waals surface area contributed by atoms with Gasteiger partial charge in [0, 0.05) is 33.9 Å². The van der Waals surface area contributed by atoms with Gasteiger partial charge in [-0.2, -0.15) is 0 Å². The maximum Gasteiger partial charge on any atom is 0.179 e. The summed E-state index contributed by atoms with van der Waals surface area (Å²) in [6.45, 7) is 6.97. The van der Waals surface area contributed by atoms with Gasteiger partial charge in [0.05, 0.1) is 17.3 Å². The average molecular weight is 725 g/mol. The topological polar surface area (TPSA) is 8.17 Å². The number of rotatable bonds is 6. The Labute approximate surface area is 325 Å². The van der Waals surface area contributed by atoms with E-state index in [4.69, 9.17) is 0 Å². The zero-order valence-electron chi connectivity index (χ0n) is 31.6. The lowest BCUT2D eigenvalue weighted by atomic mass is 9.82. The molecule has 7 aromatic carbocycles. The lowest BCUT2D eigenvalue weighted by molar-refractivity contribution is 0.591. The molecule has 2 heterocycles. The second-order valence-corrected chi connectivity index (χ2v) is 19.9. The monoisotopic (exact) mass is 724 g/mol. The summed E-state index contributed by atoms with van der Waals surface area (Å²) in [4.78, 5) is 2.64. The lowest BCUT2D eigenvalue weighted by Gasteiger charge is -2.35. The number of hydrogen-bond donors (Lipinski definition) is 0. The van der Waals surface area contributed by atoms with Gasteiger partial charge in [0.25, 0.3) is 0 Å². The van der Waals surface area contributed by atoms with Crippen molar-refractivity contribution in [3.63, 3.8) is 0 Å². The number of nitrogens with zero attached hydrogens (tertiary/aromatic N) is 2. The molecule has 2 atom stereocenters. The van der Waals surface area contributed by atoms with Gasteiger partial charge in [0.2, 0.25) is 0 Å². The van der Waals surface area contributed by atoms with Crippen LogP contribution >= 0.6 is 0 Å². The Morgan fingerprint density at radius 1 is 0.509 bits per heavy atom. The molecule has 266 valence electrons. The zero-order chi connectivity index (χ0) is 37.1.